The van der Waals surface area contributed by atoms with E-state index < -0.39 is 0 Å². The van der Waals surface area contributed by atoms with Crippen LogP contribution in [0, 0.1) is 0 Å². The molecule has 0 saturated carbocycles. The average molecular weight is 253 g/mol. The number of methoxy groups -OCH3 is 1. The van der Waals surface area contributed by atoms with Crippen molar-refractivity contribution in [3.05, 3.63) is 28.2 Å². The SMILES string of the molecule is COc1ccc(Br)c(CN)c1.Cl. The first-order valence-corrected chi connectivity index (χ1v) is 4.09. The molecule has 0 spiro atoms. The van der Waals surface area contributed by atoms with Crippen LogP contribution < -0.4 is 10.5 Å². The molecule has 0 saturated heterocycles. The Hall–Kier alpha value is -0.250. The third kappa shape index (κ3) is 2.66. The van der Waals surface area contributed by atoms with Crippen molar-refractivity contribution in [3.63, 3.8) is 0 Å². The minimum absolute atomic E-state index is 0. The Kier molecular flexibility index (Phi) is 5.29. The molecule has 12 heavy (non-hydrogen) atoms. The summed E-state index contributed by atoms with van der Waals surface area (Å²) < 4.78 is 6.06. The molecule has 0 aliphatic rings. The molecule has 2 nitrogen and oxygen atoms in total. The third-order valence-corrected chi connectivity index (χ3v) is 2.25. The van der Waals surface area contributed by atoms with Gasteiger partial charge in [0.05, 0.1) is 7.11 Å². The molecule has 0 heterocycles. The maximum absolute atomic E-state index is 5.49. The van der Waals surface area contributed by atoms with Gasteiger partial charge in [0.15, 0.2) is 0 Å². The standard InChI is InChI=1S/C8H10BrNO.ClH/c1-11-7-2-3-8(9)6(4-7)5-10;/h2-4H,5,10H2,1H3;1H. The molecule has 0 aromatic heterocycles. The molecule has 0 atom stereocenters. The zero-order valence-corrected chi connectivity index (χ0v) is 9.11. The summed E-state index contributed by atoms with van der Waals surface area (Å²) in [5.74, 6) is 0.841. The van der Waals surface area contributed by atoms with Crippen LogP contribution in [-0.4, -0.2) is 7.11 Å². The zero-order valence-electron chi connectivity index (χ0n) is 6.71. The van der Waals surface area contributed by atoms with Gasteiger partial charge in [-0.05, 0) is 23.8 Å². The Labute approximate surface area is 86.6 Å². The highest BCUT2D eigenvalue weighted by Crippen LogP contribution is 2.21. The molecular weight excluding hydrogens is 241 g/mol. The van der Waals surface area contributed by atoms with Crippen molar-refractivity contribution in [2.45, 2.75) is 6.54 Å². The molecule has 0 unspecified atom stereocenters. The van der Waals surface area contributed by atoms with Gasteiger partial charge in [-0.3, -0.25) is 0 Å². The fraction of sp³-hybridized carbons (Fsp3) is 0.250. The second kappa shape index (κ2) is 5.41. The molecule has 1 rings (SSSR count). The predicted octanol–water partition coefficient (Wildman–Crippen LogP) is 2.34. The lowest BCUT2D eigenvalue weighted by Crippen LogP contribution is -1.97. The molecule has 0 radical (unpaired) electrons. The largest absolute Gasteiger partial charge is 0.497 e. The van der Waals surface area contributed by atoms with Crippen molar-refractivity contribution in [2.75, 3.05) is 7.11 Å². The summed E-state index contributed by atoms with van der Waals surface area (Å²) in [6, 6.07) is 5.74. The Bertz CT molecular complexity index is 255. The van der Waals surface area contributed by atoms with E-state index in [-0.39, 0.29) is 12.4 Å². The van der Waals surface area contributed by atoms with Crippen LogP contribution in [-0.2, 0) is 6.54 Å². The molecule has 0 fully saturated rings. The van der Waals surface area contributed by atoms with Crippen molar-refractivity contribution >= 4 is 28.3 Å². The average Bonchev–Trinajstić information content (AvgIpc) is 2.05. The van der Waals surface area contributed by atoms with Crippen LogP contribution in [0.25, 0.3) is 0 Å². The van der Waals surface area contributed by atoms with Gasteiger partial charge < -0.3 is 10.5 Å². The highest BCUT2D eigenvalue weighted by Gasteiger charge is 1.98. The molecule has 0 bridgehead atoms. The van der Waals surface area contributed by atoms with E-state index in [1.54, 1.807) is 7.11 Å². The molecule has 68 valence electrons. The van der Waals surface area contributed by atoms with E-state index in [1.165, 1.54) is 0 Å². The number of benzene rings is 1. The normalized spacial score (nSPS) is 8.92. The van der Waals surface area contributed by atoms with Crippen LogP contribution in [0.3, 0.4) is 0 Å². The number of nitrogens with two attached hydrogens (primary N) is 1. The van der Waals surface area contributed by atoms with Crippen molar-refractivity contribution in [1.29, 1.82) is 0 Å². The Morgan fingerprint density at radius 3 is 2.67 bits per heavy atom. The van der Waals surface area contributed by atoms with Gasteiger partial charge in [0.25, 0.3) is 0 Å². The number of halogens is 2. The Balaban J connectivity index is 0.00000121. The van der Waals surface area contributed by atoms with Crippen LogP contribution in [0.15, 0.2) is 22.7 Å². The molecular formula is C8H11BrClNO. The molecule has 1 aromatic carbocycles. The minimum Gasteiger partial charge on any atom is -0.497 e. The smallest absolute Gasteiger partial charge is 0.119 e. The summed E-state index contributed by atoms with van der Waals surface area (Å²) in [6.45, 7) is 0.526. The van der Waals surface area contributed by atoms with Crippen LogP contribution in [0.5, 0.6) is 5.75 Å². The van der Waals surface area contributed by atoms with Gasteiger partial charge in [-0.1, -0.05) is 15.9 Å². The Morgan fingerprint density at radius 2 is 2.17 bits per heavy atom. The number of hydrogen-bond acceptors (Lipinski definition) is 2. The van der Waals surface area contributed by atoms with E-state index in [1.807, 2.05) is 18.2 Å². The lowest BCUT2D eigenvalue weighted by molar-refractivity contribution is 0.414. The van der Waals surface area contributed by atoms with Gasteiger partial charge >= 0.3 is 0 Å². The molecule has 1 aromatic rings. The zero-order chi connectivity index (χ0) is 8.27. The maximum Gasteiger partial charge on any atom is 0.119 e. The fourth-order valence-electron chi connectivity index (χ4n) is 0.835. The molecule has 4 heteroatoms. The first kappa shape index (κ1) is 11.8. The van der Waals surface area contributed by atoms with E-state index in [2.05, 4.69) is 15.9 Å². The van der Waals surface area contributed by atoms with Crippen LogP contribution >= 0.6 is 28.3 Å². The van der Waals surface area contributed by atoms with Crippen molar-refractivity contribution < 1.29 is 4.74 Å². The van der Waals surface area contributed by atoms with Gasteiger partial charge in [-0.15, -0.1) is 12.4 Å². The van der Waals surface area contributed by atoms with E-state index >= 15 is 0 Å². The summed E-state index contributed by atoms with van der Waals surface area (Å²) >= 11 is 3.38. The van der Waals surface area contributed by atoms with Gasteiger partial charge in [-0.2, -0.15) is 0 Å². The first-order chi connectivity index (χ1) is 5.27. The molecule has 0 amide bonds. The number of hydrogen-bond donors (Lipinski definition) is 1. The summed E-state index contributed by atoms with van der Waals surface area (Å²) in [5.41, 5.74) is 6.55. The van der Waals surface area contributed by atoms with E-state index in [9.17, 15) is 0 Å². The van der Waals surface area contributed by atoms with Crippen LogP contribution in [0.2, 0.25) is 0 Å². The lowest BCUT2D eigenvalue weighted by Gasteiger charge is -2.03. The highest BCUT2D eigenvalue weighted by molar-refractivity contribution is 9.10. The maximum atomic E-state index is 5.49. The van der Waals surface area contributed by atoms with Crippen molar-refractivity contribution in [2.24, 2.45) is 5.73 Å². The summed E-state index contributed by atoms with van der Waals surface area (Å²) in [5, 5.41) is 0. The van der Waals surface area contributed by atoms with Crippen molar-refractivity contribution in [3.8, 4) is 5.75 Å². The van der Waals surface area contributed by atoms with Crippen molar-refractivity contribution in [1.82, 2.24) is 0 Å². The van der Waals surface area contributed by atoms with Gasteiger partial charge in [-0.25, -0.2) is 0 Å². The van der Waals surface area contributed by atoms with E-state index in [4.69, 9.17) is 10.5 Å². The summed E-state index contributed by atoms with van der Waals surface area (Å²) in [4.78, 5) is 0. The van der Waals surface area contributed by atoms with Crippen LogP contribution in [0.4, 0.5) is 0 Å². The lowest BCUT2D eigenvalue weighted by atomic mass is 10.2. The minimum atomic E-state index is 0. The third-order valence-electron chi connectivity index (χ3n) is 1.47. The first-order valence-electron chi connectivity index (χ1n) is 3.30. The number of rotatable bonds is 2. The summed E-state index contributed by atoms with van der Waals surface area (Å²) in [7, 11) is 1.64. The quantitative estimate of drug-likeness (QED) is 0.877. The van der Waals surface area contributed by atoms with Crippen LogP contribution in [0.1, 0.15) is 5.56 Å². The van der Waals surface area contributed by atoms with E-state index in [0.29, 0.717) is 6.54 Å². The van der Waals surface area contributed by atoms with Gasteiger partial charge in [0, 0.05) is 11.0 Å². The second-order valence-corrected chi connectivity index (χ2v) is 3.02. The topological polar surface area (TPSA) is 35.2 Å². The fourth-order valence-corrected chi connectivity index (χ4v) is 1.24. The molecule has 0 aliphatic heterocycles. The predicted molar refractivity (Wildman–Crippen MR) is 55.8 cm³/mol. The summed E-state index contributed by atoms with van der Waals surface area (Å²) in [6.07, 6.45) is 0. The Morgan fingerprint density at radius 1 is 1.50 bits per heavy atom. The monoisotopic (exact) mass is 251 g/mol. The highest BCUT2D eigenvalue weighted by atomic mass is 79.9. The van der Waals surface area contributed by atoms with E-state index in [0.717, 1.165) is 15.8 Å². The second-order valence-electron chi connectivity index (χ2n) is 2.16. The molecule has 2 N–H and O–H groups in total. The molecule has 0 aliphatic carbocycles. The van der Waals surface area contributed by atoms with Gasteiger partial charge in [0.2, 0.25) is 0 Å². The van der Waals surface area contributed by atoms with Gasteiger partial charge in [0.1, 0.15) is 5.75 Å². The number of ether oxygens (including phenoxy) is 1.